The van der Waals surface area contributed by atoms with Crippen molar-refractivity contribution in [2.45, 2.75) is 26.2 Å². The Bertz CT molecular complexity index is 967. The van der Waals surface area contributed by atoms with Gasteiger partial charge in [0.15, 0.2) is 12.4 Å². The number of aromatic nitrogens is 2. The monoisotopic (exact) mass is 369 g/mol. The summed E-state index contributed by atoms with van der Waals surface area (Å²) < 4.78 is 10.3. The molecule has 0 atom stereocenters. The van der Waals surface area contributed by atoms with Gasteiger partial charge >= 0.3 is 5.97 Å². The summed E-state index contributed by atoms with van der Waals surface area (Å²) in [4.78, 5) is 27.1. The molecule has 0 aliphatic carbocycles. The predicted molar refractivity (Wildman–Crippen MR) is 97.7 cm³/mol. The van der Waals surface area contributed by atoms with E-state index in [1.165, 1.54) is 0 Å². The first-order chi connectivity index (χ1) is 13.0. The Morgan fingerprint density at radius 2 is 1.96 bits per heavy atom. The second-order valence-electron chi connectivity index (χ2n) is 5.98. The molecule has 1 aromatic heterocycles. The summed E-state index contributed by atoms with van der Waals surface area (Å²) in [6.45, 7) is 1.32. The van der Waals surface area contributed by atoms with E-state index in [0.717, 1.165) is 10.8 Å². The molecule has 0 radical (unpaired) electrons. The van der Waals surface area contributed by atoms with Crippen LogP contribution in [0.5, 0.6) is 5.75 Å². The summed E-state index contributed by atoms with van der Waals surface area (Å²) in [7, 11) is 0. The van der Waals surface area contributed by atoms with E-state index in [4.69, 9.17) is 14.4 Å². The van der Waals surface area contributed by atoms with E-state index in [9.17, 15) is 9.59 Å². The quantitative estimate of drug-likeness (QED) is 0.627. The molecule has 1 heterocycles. The van der Waals surface area contributed by atoms with E-state index in [1.54, 1.807) is 19.1 Å². The average Bonchev–Trinajstić information content (AvgIpc) is 3.06. The lowest BCUT2D eigenvalue weighted by Crippen LogP contribution is -2.12. The number of carbonyl (C=O) groups excluding carboxylic acids is 1. The summed E-state index contributed by atoms with van der Waals surface area (Å²) in [5.74, 6) is 0.373. The number of hydrogen-bond donors (Lipinski definition) is 2. The number of hydrogen-bond acceptors (Lipinski definition) is 6. The highest BCUT2D eigenvalue weighted by atomic mass is 16.5. The van der Waals surface area contributed by atoms with Crippen LogP contribution in [0, 0.1) is 6.92 Å². The molecular formula is C19H19N3O5. The molecule has 8 heteroatoms. The fourth-order valence-electron chi connectivity index (χ4n) is 2.70. The molecule has 2 N–H and O–H groups in total. The van der Waals surface area contributed by atoms with Crippen LogP contribution in [0.15, 0.2) is 40.9 Å². The molecular weight excluding hydrogens is 350 g/mol. The lowest BCUT2D eigenvalue weighted by Gasteiger charge is -2.12. The van der Waals surface area contributed by atoms with E-state index in [0.29, 0.717) is 42.4 Å². The number of rotatable bonds is 8. The van der Waals surface area contributed by atoms with Crippen LogP contribution >= 0.6 is 0 Å². The third kappa shape index (κ3) is 4.81. The minimum atomic E-state index is -1.05. The van der Waals surface area contributed by atoms with Crippen LogP contribution in [-0.2, 0) is 16.0 Å². The first kappa shape index (κ1) is 18.4. The Hall–Kier alpha value is -3.42. The lowest BCUT2D eigenvalue weighted by atomic mass is 10.1. The van der Waals surface area contributed by atoms with Crippen molar-refractivity contribution in [3.63, 3.8) is 0 Å². The number of amides is 1. The van der Waals surface area contributed by atoms with Gasteiger partial charge in [-0.1, -0.05) is 29.4 Å². The van der Waals surface area contributed by atoms with Crippen molar-refractivity contribution in [2.75, 3.05) is 11.9 Å². The van der Waals surface area contributed by atoms with Gasteiger partial charge in [0.2, 0.25) is 11.8 Å². The number of nitrogens with one attached hydrogen (secondary N) is 1. The third-order valence-electron chi connectivity index (χ3n) is 3.87. The van der Waals surface area contributed by atoms with Crippen molar-refractivity contribution in [1.82, 2.24) is 10.1 Å². The molecule has 0 spiro atoms. The van der Waals surface area contributed by atoms with Gasteiger partial charge in [-0.15, -0.1) is 0 Å². The summed E-state index contributed by atoms with van der Waals surface area (Å²) in [6.07, 6.45) is 1.44. The van der Waals surface area contributed by atoms with E-state index >= 15 is 0 Å². The molecule has 0 aliphatic heterocycles. The minimum Gasteiger partial charge on any atom is -0.481 e. The number of fused-ring (bicyclic) bond motifs is 1. The standard InChI is InChI=1S/C19H19N3O5/c1-12-20-18(27-22-12)8-4-7-17(23)21-15-9-10-16(26-11-19(24)25)14-6-3-2-5-13(14)15/h2-3,5-6,9-10H,4,7-8,11H2,1H3,(H,21,23)(H,24,25). The molecule has 0 saturated heterocycles. The number of carboxylic acids is 1. The Labute approximate surface area is 155 Å². The van der Waals surface area contributed by atoms with Crippen LogP contribution in [0.25, 0.3) is 10.8 Å². The fraction of sp³-hybridized carbons (Fsp3) is 0.263. The molecule has 27 heavy (non-hydrogen) atoms. The molecule has 2 aromatic carbocycles. The average molecular weight is 369 g/mol. The van der Waals surface area contributed by atoms with E-state index < -0.39 is 12.6 Å². The van der Waals surface area contributed by atoms with Gasteiger partial charge in [0, 0.05) is 29.3 Å². The van der Waals surface area contributed by atoms with Crippen LogP contribution in [0.1, 0.15) is 24.6 Å². The van der Waals surface area contributed by atoms with Gasteiger partial charge in [-0.3, -0.25) is 4.79 Å². The van der Waals surface area contributed by atoms with Crippen molar-refractivity contribution in [1.29, 1.82) is 0 Å². The molecule has 140 valence electrons. The first-order valence-corrected chi connectivity index (χ1v) is 8.48. The molecule has 8 nitrogen and oxygen atoms in total. The van der Waals surface area contributed by atoms with Gasteiger partial charge in [-0.2, -0.15) is 4.98 Å². The Morgan fingerprint density at radius 3 is 2.67 bits per heavy atom. The molecule has 1 amide bonds. The Balaban J connectivity index is 1.66. The fourth-order valence-corrected chi connectivity index (χ4v) is 2.70. The van der Waals surface area contributed by atoms with Gasteiger partial charge in [0.1, 0.15) is 5.75 Å². The van der Waals surface area contributed by atoms with Gasteiger partial charge in [0.25, 0.3) is 0 Å². The maximum Gasteiger partial charge on any atom is 0.341 e. The lowest BCUT2D eigenvalue weighted by molar-refractivity contribution is -0.139. The van der Waals surface area contributed by atoms with Crippen LogP contribution < -0.4 is 10.1 Å². The predicted octanol–water partition coefficient (Wildman–Crippen LogP) is 2.96. The maximum atomic E-state index is 12.3. The summed E-state index contributed by atoms with van der Waals surface area (Å²) in [5, 5.41) is 16.9. The molecule has 0 saturated carbocycles. The second-order valence-corrected chi connectivity index (χ2v) is 5.98. The van der Waals surface area contributed by atoms with Crippen LogP contribution in [-0.4, -0.2) is 33.7 Å². The van der Waals surface area contributed by atoms with Gasteiger partial charge < -0.3 is 19.7 Å². The number of nitrogens with zero attached hydrogens (tertiary/aromatic N) is 2. The molecule has 0 unspecified atom stereocenters. The third-order valence-corrected chi connectivity index (χ3v) is 3.87. The molecule has 3 rings (SSSR count). The van der Waals surface area contributed by atoms with Crippen LogP contribution in [0.2, 0.25) is 0 Å². The molecule has 0 fully saturated rings. The van der Waals surface area contributed by atoms with Crippen molar-refractivity contribution in [3.05, 3.63) is 48.1 Å². The van der Waals surface area contributed by atoms with Crippen molar-refractivity contribution in [3.8, 4) is 5.75 Å². The zero-order chi connectivity index (χ0) is 19.2. The first-order valence-electron chi connectivity index (χ1n) is 8.48. The topological polar surface area (TPSA) is 115 Å². The van der Waals surface area contributed by atoms with Crippen molar-refractivity contribution in [2.24, 2.45) is 0 Å². The molecule has 3 aromatic rings. The largest absolute Gasteiger partial charge is 0.481 e. The Morgan fingerprint density at radius 1 is 1.19 bits per heavy atom. The molecule has 0 bridgehead atoms. The summed E-state index contributed by atoms with van der Waals surface area (Å²) >= 11 is 0. The van der Waals surface area contributed by atoms with Gasteiger partial charge in [0.05, 0.1) is 0 Å². The number of benzene rings is 2. The van der Waals surface area contributed by atoms with Crippen molar-refractivity contribution < 1.29 is 24.0 Å². The number of carbonyl (C=O) groups is 2. The second kappa shape index (κ2) is 8.31. The van der Waals surface area contributed by atoms with Crippen molar-refractivity contribution >= 4 is 28.3 Å². The highest BCUT2D eigenvalue weighted by Gasteiger charge is 2.11. The zero-order valence-electron chi connectivity index (χ0n) is 14.8. The highest BCUT2D eigenvalue weighted by Crippen LogP contribution is 2.31. The van der Waals surface area contributed by atoms with E-state index in [-0.39, 0.29) is 5.91 Å². The number of ether oxygens (including phenoxy) is 1. The molecule has 0 aliphatic rings. The van der Waals surface area contributed by atoms with Gasteiger partial charge in [-0.25, -0.2) is 4.79 Å². The normalized spacial score (nSPS) is 10.7. The Kier molecular flexibility index (Phi) is 5.65. The number of anilines is 1. The zero-order valence-corrected chi connectivity index (χ0v) is 14.8. The van der Waals surface area contributed by atoms with E-state index in [1.807, 2.05) is 24.3 Å². The maximum absolute atomic E-state index is 12.3. The highest BCUT2D eigenvalue weighted by molar-refractivity contribution is 6.04. The smallest absolute Gasteiger partial charge is 0.341 e. The SMILES string of the molecule is Cc1noc(CCCC(=O)Nc2ccc(OCC(=O)O)c3ccccc23)n1. The van der Waals surface area contributed by atoms with Gasteiger partial charge in [-0.05, 0) is 25.5 Å². The number of carboxylic acid groups (broad SMARTS) is 1. The number of aliphatic carboxylic acids is 1. The van der Waals surface area contributed by atoms with Crippen LogP contribution in [0.4, 0.5) is 5.69 Å². The number of aryl methyl sites for hydroxylation is 2. The minimum absolute atomic E-state index is 0.129. The summed E-state index contributed by atoms with van der Waals surface area (Å²) in [5.41, 5.74) is 0.645. The van der Waals surface area contributed by atoms with E-state index in [2.05, 4.69) is 15.5 Å². The summed E-state index contributed by atoms with van der Waals surface area (Å²) in [6, 6.07) is 10.7. The van der Waals surface area contributed by atoms with Crippen LogP contribution in [0.3, 0.4) is 0 Å².